The molecule has 152 valence electrons. The molecule has 8 heteroatoms. The van der Waals surface area contributed by atoms with Crippen LogP contribution in [0.4, 0.5) is 5.69 Å². The fourth-order valence-electron chi connectivity index (χ4n) is 2.49. The molecule has 0 atom stereocenters. The second-order valence-corrected chi connectivity index (χ2v) is 6.83. The Morgan fingerprint density at radius 2 is 1.80 bits per heavy atom. The number of aromatic nitrogens is 1. The van der Waals surface area contributed by atoms with E-state index in [1.54, 1.807) is 25.3 Å². The molecule has 0 fully saturated rings. The maximum absolute atomic E-state index is 12.6. The highest BCUT2D eigenvalue weighted by Crippen LogP contribution is 2.18. The lowest BCUT2D eigenvalue weighted by atomic mass is 10.2. The van der Waals surface area contributed by atoms with Gasteiger partial charge in [-0.15, -0.1) is 0 Å². The molecule has 7 nitrogen and oxygen atoms in total. The van der Waals surface area contributed by atoms with E-state index in [0.717, 1.165) is 22.8 Å². The van der Waals surface area contributed by atoms with Crippen molar-refractivity contribution < 1.29 is 14.3 Å². The molecule has 0 saturated carbocycles. The Labute approximate surface area is 177 Å². The highest BCUT2D eigenvalue weighted by Gasteiger charge is 2.11. The van der Waals surface area contributed by atoms with Crippen molar-refractivity contribution in [3.05, 3.63) is 92.9 Å². The molecule has 1 heterocycles. The first-order valence-electron chi connectivity index (χ1n) is 8.92. The number of hydrogen-bond acceptors (Lipinski definition) is 7. The molecule has 0 spiro atoms. The third-order valence-electron chi connectivity index (χ3n) is 3.90. The summed E-state index contributed by atoms with van der Waals surface area (Å²) in [5, 5.41) is 4.29. The number of carbonyl (C=O) groups excluding carboxylic acids is 1. The summed E-state index contributed by atoms with van der Waals surface area (Å²) in [7, 11) is 2.86. The zero-order chi connectivity index (χ0) is 21.3. The Balaban J connectivity index is 2.03. The summed E-state index contributed by atoms with van der Waals surface area (Å²) >= 11 is 0.961. The van der Waals surface area contributed by atoms with E-state index in [4.69, 9.17) is 9.47 Å². The molecule has 3 rings (SSSR count). The van der Waals surface area contributed by atoms with Crippen LogP contribution in [0.3, 0.4) is 0 Å². The lowest BCUT2D eigenvalue weighted by Gasteiger charge is -2.03. The molecule has 0 aliphatic heterocycles. The standard InChI is InChI=1S/C22H19N3O4S/c1-28-19-13-7-6-9-16(19)10-8-14-23-25-21(24-17-11-4-3-5-12-17)18(26)15-20(30-25)22(27)29-2/h3-15H,1-2H3/b10-8+,23-14+,24-21?. The summed E-state index contributed by atoms with van der Waals surface area (Å²) < 4.78 is 11.3. The van der Waals surface area contributed by atoms with Crippen LogP contribution in [0.5, 0.6) is 5.75 Å². The van der Waals surface area contributed by atoms with Gasteiger partial charge in [-0.25, -0.2) is 9.79 Å². The monoisotopic (exact) mass is 421 g/mol. The number of ether oxygens (including phenoxy) is 2. The van der Waals surface area contributed by atoms with Crippen LogP contribution in [0.15, 0.2) is 81.6 Å². The first-order valence-corrected chi connectivity index (χ1v) is 9.69. The zero-order valence-electron chi connectivity index (χ0n) is 16.4. The van der Waals surface area contributed by atoms with Gasteiger partial charge in [0.05, 0.1) is 19.9 Å². The van der Waals surface area contributed by atoms with Crippen molar-refractivity contribution in [2.45, 2.75) is 0 Å². The van der Waals surface area contributed by atoms with Gasteiger partial charge >= 0.3 is 5.97 Å². The van der Waals surface area contributed by atoms with Crippen molar-refractivity contribution in [3.8, 4) is 5.75 Å². The lowest BCUT2D eigenvalue weighted by molar-refractivity contribution is 0.0605. The summed E-state index contributed by atoms with van der Waals surface area (Å²) in [6, 6.07) is 17.8. The van der Waals surface area contributed by atoms with Crippen LogP contribution in [0.2, 0.25) is 0 Å². The topological polar surface area (TPSA) is 82.3 Å². The molecule has 0 aliphatic carbocycles. The number of para-hydroxylation sites is 2. The van der Waals surface area contributed by atoms with E-state index < -0.39 is 11.4 Å². The normalized spacial score (nSPS) is 11.9. The van der Waals surface area contributed by atoms with Crippen LogP contribution in [0, 0.1) is 0 Å². The molecule has 0 bridgehead atoms. The van der Waals surface area contributed by atoms with Crippen molar-refractivity contribution in [2.75, 3.05) is 14.2 Å². The molecule has 0 radical (unpaired) electrons. The van der Waals surface area contributed by atoms with Gasteiger partial charge in [0.1, 0.15) is 10.6 Å². The van der Waals surface area contributed by atoms with E-state index in [1.807, 2.05) is 48.5 Å². The molecule has 0 amide bonds. The van der Waals surface area contributed by atoms with Gasteiger partial charge in [-0.2, -0.15) is 9.17 Å². The molecular formula is C22H19N3O4S. The Bertz CT molecular complexity index is 1210. The fourth-order valence-corrected chi connectivity index (χ4v) is 3.31. The minimum atomic E-state index is -0.614. The Morgan fingerprint density at radius 1 is 1.07 bits per heavy atom. The van der Waals surface area contributed by atoms with Crippen LogP contribution in [-0.4, -0.2) is 30.5 Å². The van der Waals surface area contributed by atoms with Crippen LogP contribution >= 0.6 is 11.5 Å². The number of benzene rings is 2. The molecule has 30 heavy (non-hydrogen) atoms. The quantitative estimate of drug-likeness (QED) is 0.451. The third kappa shape index (κ3) is 5.18. The van der Waals surface area contributed by atoms with Gasteiger partial charge in [0.2, 0.25) is 10.9 Å². The van der Waals surface area contributed by atoms with Gasteiger partial charge in [0.25, 0.3) is 0 Å². The minimum absolute atomic E-state index is 0.0841. The SMILES string of the molecule is COC(=O)c1cc(=O)c(=Nc2ccccc2)n(/N=C/C=C/c2ccccc2OC)s1. The second kappa shape index (κ2) is 10.1. The van der Waals surface area contributed by atoms with Gasteiger partial charge in [-0.3, -0.25) is 4.79 Å². The second-order valence-electron chi connectivity index (χ2n) is 5.87. The average Bonchev–Trinajstić information content (AvgIpc) is 2.78. The Morgan fingerprint density at radius 3 is 2.53 bits per heavy atom. The number of nitrogens with zero attached hydrogens (tertiary/aromatic N) is 3. The maximum Gasteiger partial charge on any atom is 0.349 e. The molecular weight excluding hydrogens is 402 g/mol. The summed E-state index contributed by atoms with van der Waals surface area (Å²) in [5.74, 6) is 0.115. The molecule has 3 aromatic rings. The van der Waals surface area contributed by atoms with Crippen molar-refractivity contribution in [1.29, 1.82) is 0 Å². The van der Waals surface area contributed by atoms with Crippen molar-refractivity contribution in [3.63, 3.8) is 0 Å². The Kier molecular flexibility index (Phi) is 7.07. The van der Waals surface area contributed by atoms with Crippen LogP contribution in [0.1, 0.15) is 15.2 Å². The van der Waals surface area contributed by atoms with Gasteiger partial charge < -0.3 is 9.47 Å². The zero-order valence-corrected chi connectivity index (χ0v) is 17.2. The number of carbonyl (C=O) groups is 1. The maximum atomic E-state index is 12.6. The van der Waals surface area contributed by atoms with Gasteiger partial charge in [0.15, 0.2) is 0 Å². The van der Waals surface area contributed by atoms with Crippen molar-refractivity contribution in [1.82, 2.24) is 4.07 Å². The van der Waals surface area contributed by atoms with Gasteiger partial charge in [0, 0.05) is 17.8 Å². The number of methoxy groups -OCH3 is 2. The third-order valence-corrected chi connectivity index (χ3v) is 4.82. The van der Waals surface area contributed by atoms with Crippen molar-refractivity contribution in [2.24, 2.45) is 10.1 Å². The van der Waals surface area contributed by atoms with E-state index in [2.05, 4.69) is 10.1 Å². The van der Waals surface area contributed by atoms with Crippen LogP contribution in [-0.2, 0) is 4.74 Å². The molecule has 1 aromatic heterocycles. The first kappa shape index (κ1) is 20.9. The van der Waals surface area contributed by atoms with Gasteiger partial charge in [-0.1, -0.05) is 36.4 Å². The summed E-state index contributed by atoms with van der Waals surface area (Å²) in [6.07, 6.45) is 5.04. The fraction of sp³-hybridized carbons (Fsp3) is 0.0909. The Hall–Kier alpha value is -3.78. The molecule has 0 unspecified atom stereocenters. The highest BCUT2D eigenvalue weighted by atomic mass is 32.1. The predicted molar refractivity (Wildman–Crippen MR) is 118 cm³/mol. The summed E-state index contributed by atoms with van der Waals surface area (Å²) in [4.78, 5) is 29.0. The predicted octanol–water partition coefficient (Wildman–Crippen LogP) is 3.48. The van der Waals surface area contributed by atoms with Gasteiger partial charge in [-0.05, 0) is 41.9 Å². The smallest absolute Gasteiger partial charge is 0.349 e. The van der Waals surface area contributed by atoms with E-state index >= 15 is 0 Å². The van der Waals surface area contributed by atoms with E-state index in [-0.39, 0.29) is 10.4 Å². The molecule has 0 saturated heterocycles. The largest absolute Gasteiger partial charge is 0.496 e. The van der Waals surface area contributed by atoms with E-state index in [1.165, 1.54) is 23.5 Å². The number of allylic oxidation sites excluding steroid dienone is 1. The van der Waals surface area contributed by atoms with Crippen LogP contribution < -0.4 is 15.7 Å². The highest BCUT2D eigenvalue weighted by molar-refractivity contribution is 7.08. The van der Waals surface area contributed by atoms with E-state index in [0.29, 0.717) is 5.69 Å². The number of esters is 1. The number of rotatable bonds is 6. The summed E-state index contributed by atoms with van der Waals surface area (Å²) in [5.41, 5.74) is 1.12. The van der Waals surface area contributed by atoms with Crippen LogP contribution in [0.25, 0.3) is 6.08 Å². The summed E-state index contributed by atoms with van der Waals surface area (Å²) in [6.45, 7) is 0. The minimum Gasteiger partial charge on any atom is -0.496 e. The molecule has 0 N–H and O–H groups in total. The molecule has 2 aromatic carbocycles. The van der Waals surface area contributed by atoms with E-state index in [9.17, 15) is 9.59 Å². The van der Waals surface area contributed by atoms with Crippen molar-refractivity contribution >= 4 is 35.5 Å². The lowest BCUT2D eigenvalue weighted by Crippen LogP contribution is -2.32. The average molecular weight is 421 g/mol. The molecule has 0 aliphatic rings. The first-order chi connectivity index (χ1) is 14.6. The number of hydrogen-bond donors (Lipinski definition) is 0.